The van der Waals surface area contributed by atoms with Gasteiger partial charge in [-0.3, -0.25) is 9.48 Å². The lowest BCUT2D eigenvalue weighted by molar-refractivity contribution is 0.250. The Morgan fingerprint density at radius 1 is 1.19 bits per heavy atom. The van der Waals surface area contributed by atoms with Gasteiger partial charge in [0.25, 0.3) is 5.56 Å². The summed E-state index contributed by atoms with van der Waals surface area (Å²) >= 11 is 0. The number of urea groups is 1. The third kappa shape index (κ3) is 2.99. The van der Waals surface area contributed by atoms with Gasteiger partial charge in [-0.15, -0.1) is 0 Å². The van der Waals surface area contributed by atoms with Gasteiger partial charge < -0.3 is 10.6 Å². The number of hydrogen-bond acceptors (Lipinski definition) is 2. The molecule has 21 heavy (non-hydrogen) atoms. The molecule has 2 N–H and O–H groups in total. The van der Waals surface area contributed by atoms with Crippen LogP contribution in [0.15, 0.2) is 35.1 Å². The van der Waals surface area contributed by atoms with Crippen LogP contribution in [0.5, 0.6) is 0 Å². The highest BCUT2D eigenvalue weighted by molar-refractivity contribution is 5.89. The van der Waals surface area contributed by atoms with E-state index in [1.54, 1.807) is 18.7 Å². The highest BCUT2D eigenvalue weighted by Crippen LogP contribution is 2.13. The van der Waals surface area contributed by atoms with Gasteiger partial charge in [-0.25, -0.2) is 9.48 Å². The monoisotopic (exact) mass is 288 g/mol. The minimum atomic E-state index is -0.379. The minimum absolute atomic E-state index is 0.00497. The molecular formula is C15H20N4O2. The van der Waals surface area contributed by atoms with E-state index >= 15 is 0 Å². The number of carbonyl (C=O) groups excluding carboxylic acids is 1. The van der Waals surface area contributed by atoms with Crippen LogP contribution in [-0.4, -0.2) is 21.4 Å². The van der Waals surface area contributed by atoms with Gasteiger partial charge in [0, 0.05) is 13.1 Å². The molecule has 0 saturated carbocycles. The molecule has 0 aliphatic heterocycles. The molecular weight excluding hydrogens is 268 g/mol. The van der Waals surface area contributed by atoms with E-state index in [0.29, 0.717) is 11.4 Å². The molecule has 2 rings (SSSR count). The normalized spacial score (nSPS) is 10.7. The number of anilines is 1. The van der Waals surface area contributed by atoms with Gasteiger partial charge in [0.1, 0.15) is 5.69 Å². The van der Waals surface area contributed by atoms with Crippen molar-refractivity contribution in [3.63, 3.8) is 0 Å². The largest absolute Gasteiger partial charge is 0.336 e. The number of amides is 2. The fourth-order valence-corrected chi connectivity index (χ4v) is 2.12. The summed E-state index contributed by atoms with van der Waals surface area (Å²) in [6.07, 6.45) is 0. The summed E-state index contributed by atoms with van der Waals surface area (Å²) in [7, 11) is 1.79. The Bertz CT molecular complexity index is 698. The summed E-state index contributed by atoms with van der Waals surface area (Å²) in [5, 5.41) is 5.34. The molecule has 0 saturated heterocycles. The zero-order valence-electron chi connectivity index (χ0n) is 12.7. The van der Waals surface area contributed by atoms with Gasteiger partial charge in [-0.05, 0) is 32.9 Å². The van der Waals surface area contributed by atoms with Gasteiger partial charge >= 0.3 is 6.03 Å². The molecule has 0 aliphatic carbocycles. The van der Waals surface area contributed by atoms with E-state index in [-0.39, 0.29) is 17.6 Å². The first-order chi connectivity index (χ1) is 9.91. The van der Waals surface area contributed by atoms with Crippen molar-refractivity contribution >= 4 is 11.7 Å². The molecule has 1 heterocycles. The van der Waals surface area contributed by atoms with Crippen molar-refractivity contribution in [2.24, 2.45) is 7.05 Å². The number of rotatable bonds is 3. The quantitative estimate of drug-likeness (QED) is 0.907. The second-order valence-electron chi connectivity index (χ2n) is 5.19. The predicted octanol–water partition coefficient (Wildman–Crippen LogP) is 2.01. The second-order valence-corrected chi connectivity index (χ2v) is 5.19. The Kier molecular flexibility index (Phi) is 4.16. The average molecular weight is 288 g/mol. The molecule has 6 heteroatoms. The Balaban J connectivity index is 2.42. The van der Waals surface area contributed by atoms with Crippen LogP contribution in [0.3, 0.4) is 0 Å². The van der Waals surface area contributed by atoms with Crippen molar-refractivity contribution in [1.82, 2.24) is 14.7 Å². The molecule has 0 aliphatic rings. The van der Waals surface area contributed by atoms with E-state index in [9.17, 15) is 9.59 Å². The summed E-state index contributed by atoms with van der Waals surface area (Å²) in [6.45, 7) is 5.52. The van der Waals surface area contributed by atoms with Gasteiger partial charge in [-0.1, -0.05) is 18.2 Å². The first kappa shape index (κ1) is 14.9. The number of para-hydroxylation sites is 1. The lowest BCUT2D eigenvalue weighted by atomic mass is 10.3. The number of nitrogens with one attached hydrogen (secondary N) is 2. The Morgan fingerprint density at radius 3 is 2.38 bits per heavy atom. The van der Waals surface area contributed by atoms with Gasteiger partial charge in [0.2, 0.25) is 0 Å². The molecule has 1 aromatic carbocycles. The molecule has 1 aromatic heterocycles. The number of aromatic nitrogens is 2. The van der Waals surface area contributed by atoms with Gasteiger partial charge in [0.15, 0.2) is 0 Å². The lowest BCUT2D eigenvalue weighted by Crippen LogP contribution is -2.35. The first-order valence-electron chi connectivity index (χ1n) is 6.83. The van der Waals surface area contributed by atoms with Crippen LogP contribution in [0.25, 0.3) is 5.69 Å². The van der Waals surface area contributed by atoms with Crippen LogP contribution in [0.4, 0.5) is 10.5 Å². The number of benzene rings is 1. The summed E-state index contributed by atoms with van der Waals surface area (Å²) in [5.41, 5.74) is 1.49. The molecule has 0 bridgehead atoms. The molecule has 0 radical (unpaired) electrons. The van der Waals surface area contributed by atoms with Crippen LogP contribution >= 0.6 is 0 Å². The van der Waals surface area contributed by atoms with E-state index in [0.717, 1.165) is 5.69 Å². The Hall–Kier alpha value is -2.50. The summed E-state index contributed by atoms with van der Waals surface area (Å²) in [4.78, 5) is 24.3. The maximum absolute atomic E-state index is 12.5. The zero-order chi connectivity index (χ0) is 15.6. The molecule has 0 spiro atoms. The maximum atomic E-state index is 12.5. The van der Waals surface area contributed by atoms with Crippen LogP contribution < -0.4 is 16.2 Å². The van der Waals surface area contributed by atoms with Crippen molar-refractivity contribution in [2.45, 2.75) is 26.8 Å². The van der Waals surface area contributed by atoms with E-state index in [1.807, 2.05) is 44.2 Å². The third-order valence-electron chi connectivity index (χ3n) is 3.21. The van der Waals surface area contributed by atoms with Crippen molar-refractivity contribution in [3.05, 3.63) is 46.4 Å². The van der Waals surface area contributed by atoms with Crippen molar-refractivity contribution in [3.8, 4) is 5.69 Å². The fraction of sp³-hybridized carbons (Fsp3) is 0.333. The van der Waals surface area contributed by atoms with Crippen LogP contribution in [0.2, 0.25) is 0 Å². The van der Waals surface area contributed by atoms with E-state index < -0.39 is 0 Å². The lowest BCUT2D eigenvalue weighted by Gasteiger charge is -2.09. The predicted molar refractivity (Wildman–Crippen MR) is 83.0 cm³/mol. The number of carbonyl (C=O) groups is 1. The zero-order valence-corrected chi connectivity index (χ0v) is 12.7. The topological polar surface area (TPSA) is 68.1 Å². The SMILES string of the molecule is Cc1c(NC(=O)NC(C)C)c(=O)n(-c2ccccc2)n1C. The molecule has 0 unspecified atom stereocenters. The molecule has 2 aromatic rings. The minimum Gasteiger partial charge on any atom is -0.336 e. The van der Waals surface area contributed by atoms with Gasteiger partial charge in [0.05, 0.1) is 11.4 Å². The molecule has 6 nitrogen and oxygen atoms in total. The Labute approximate surface area is 123 Å². The van der Waals surface area contributed by atoms with Crippen LogP contribution in [-0.2, 0) is 7.05 Å². The van der Waals surface area contributed by atoms with Crippen molar-refractivity contribution in [2.75, 3.05) is 5.32 Å². The second kappa shape index (κ2) is 5.87. The highest BCUT2D eigenvalue weighted by Gasteiger charge is 2.18. The van der Waals surface area contributed by atoms with Gasteiger partial charge in [-0.2, -0.15) is 0 Å². The van der Waals surface area contributed by atoms with E-state index in [4.69, 9.17) is 0 Å². The Morgan fingerprint density at radius 2 is 1.81 bits per heavy atom. The highest BCUT2D eigenvalue weighted by atomic mass is 16.2. The summed E-state index contributed by atoms with van der Waals surface area (Å²) in [6, 6.07) is 8.93. The summed E-state index contributed by atoms with van der Waals surface area (Å²) in [5.74, 6) is 0. The summed E-state index contributed by atoms with van der Waals surface area (Å²) < 4.78 is 3.25. The average Bonchev–Trinajstić information content (AvgIpc) is 2.63. The van der Waals surface area contributed by atoms with E-state index in [2.05, 4.69) is 10.6 Å². The number of nitrogens with zero attached hydrogens (tertiary/aromatic N) is 2. The van der Waals surface area contributed by atoms with Crippen LogP contribution in [0, 0.1) is 6.92 Å². The maximum Gasteiger partial charge on any atom is 0.319 e. The van der Waals surface area contributed by atoms with Crippen LogP contribution in [0.1, 0.15) is 19.5 Å². The molecule has 0 atom stereocenters. The van der Waals surface area contributed by atoms with Crippen molar-refractivity contribution in [1.29, 1.82) is 0 Å². The standard InChI is InChI=1S/C15H20N4O2/c1-10(2)16-15(21)17-13-11(3)18(4)19(14(13)20)12-8-6-5-7-9-12/h5-10H,1-4H3,(H2,16,17,21). The molecule has 0 fully saturated rings. The van der Waals surface area contributed by atoms with E-state index in [1.165, 1.54) is 4.68 Å². The first-order valence-corrected chi connectivity index (χ1v) is 6.83. The number of hydrogen-bond donors (Lipinski definition) is 2. The third-order valence-corrected chi connectivity index (χ3v) is 3.21. The molecule has 2 amide bonds. The fourth-order valence-electron chi connectivity index (χ4n) is 2.12. The van der Waals surface area contributed by atoms with Crippen molar-refractivity contribution < 1.29 is 4.79 Å². The molecule has 112 valence electrons. The smallest absolute Gasteiger partial charge is 0.319 e.